The van der Waals surface area contributed by atoms with Crippen molar-refractivity contribution in [2.75, 3.05) is 12.3 Å². The number of halogens is 1. The number of carbonyl (C=O) groups is 2. The molecule has 2 heterocycles. The molecule has 2 N–H and O–H groups in total. The van der Waals surface area contributed by atoms with Crippen LogP contribution in [0.1, 0.15) is 20.0 Å². The summed E-state index contributed by atoms with van der Waals surface area (Å²) in [6, 6.07) is 2.98. The zero-order valence-corrected chi connectivity index (χ0v) is 13.7. The Hall–Kier alpha value is -2.39. The number of nitrogen functional groups attached to an aromatic ring is 1. The fourth-order valence-electron chi connectivity index (χ4n) is 1.82. The van der Waals surface area contributed by atoms with E-state index < -0.39 is 35.2 Å². The molecular formula is C13H12ClN3O5S. The average Bonchev–Trinajstić information content (AvgIpc) is 2.95. The van der Waals surface area contributed by atoms with Gasteiger partial charge in [0.25, 0.3) is 5.56 Å². The van der Waals surface area contributed by atoms with Gasteiger partial charge in [0.15, 0.2) is 6.61 Å². The number of hydrogen-bond acceptors (Lipinski definition) is 7. The van der Waals surface area contributed by atoms with Gasteiger partial charge >= 0.3 is 11.7 Å². The van der Waals surface area contributed by atoms with E-state index in [4.69, 9.17) is 22.1 Å². The van der Waals surface area contributed by atoms with Crippen molar-refractivity contribution in [3.63, 3.8) is 0 Å². The normalized spacial score (nSPS) is 10.6. The zero-order valence-electron chi connectivity index (χ0n) is 12.2. The van der Waals surface area contributed by atoms with Gasteiger partial charge in [-0.25, -0.2) is 9.59 Å². The lowest BCUT2D eigenvalue weighted by atomic mass is 10.2. The molecule has 2 aromatic rings. The Labute approximate surface area is 138 Å². The van der Waals surface area contributed by atoms with Gasteiger partial charge in [-0.3, -0.25) is 18.7 Å². The van der Waals surface area contributed by atoms with Crippen LogP contribution in [-0.4, -0.2) is 27.5 Å². The largest absolute Gasteiger partial charge is 0.453 e. The second-order valence-electron chi connectivity index (χ2n) is 4.57. The lowest BCUT2D eigenvalue weighted by Gasteiger charge is -2.10. The van der Waals surface area contributed by atoms with E-state index in [1.807, 2.05) is 0 Å². The third-order valence-corrected chi connectivity index (χ3v) is 4.31. The smallest absolute Gasteiger partial charge is 0.348 e. The van der Waals surface area contributed by atoms with Crippen LogP contribution in [0.25, 0.3) is 0 Å². The van der Waals surface area contributed by atoms with Crippen molar-refractivity contribution in [2.24, 2.45) is 14.1 Å². The summed E-state index contributed by atoms with van der Waals surface area (Å²) >= 11 is 6.71. The standard InChI is InChI=1S/C13H12ClN3O5S/c1-16-10(15)9(11(19)17(2)13(16)21)6(18)5-22-12(20)7-3-4-8(14)23-7/h3-4H,5,15H2,1-2H3. The van der Waals surface area contributed by atoms with Crippen LogP contribution in [0.5, 0.6) is 0 Å². The highest BCUT2D eigenvalue weighted by molar-refractivity contribution is 7.17. The van der Waals surface area contributed by atoms with E-state index >= 15 is 0 Å². The number of anilines is 1. The summed E-state index contributed by atoms with van der Waals surface area (Å²) in [5.74, 6) is -1.82. The SMILES string of the molecule is Cn1c(N)c(C(=O)COC(=O)c2ccc(Cl)s2)c(=O)n(C)c1=O. The first-order chi connectivity index (χ1) is 10.7. The molecule has 2 aromatic heterocycles. The number of aromatic nitrogens is 2. The van der Waals surface area contributed by atoms with Crippen molar-refractivity contribution in [1.29, 1.82) is 0 Å². The molecule has 10 heteroatoms. The summed E-state index contributed by atoms with van der Waals surface area (Å²) in [5, 5.41) is 0. The average molecular weight is 358 g/mol. The number of carbonyl (C=O) groups excluding carboxylic acids is 2. The van der Waals surface area contributed by atoms with E-state index in [2.05, 4.69) is 0 Å². The molecule has 0 aliphatic heterocycles. The van der Waals surface area contributed by atoms with Gasteiger partial charge < -0.3 is 10.5 Å². The molecule has 0 spiro atoms. The van der Waals surface area contributed by atoms with E-state index in [-0.39, 0.29) is 10.7 Å². The number of hydrogen-bond donors (Lipinski definition) is 1. The Balaban J connectivity index is 2.24. The molecule has 0 amide bonds. The fraction of sp³-hybridized carbons (Fsp3) is 0.231. The van der Waals surface area contributed by atoms with Crippen molar-refractivity contribution >= 4 is 40.5 Å². The van der Waals surface area contributed by atoms with E-state index in [0.717, 1.165) is 20.5 Å². The second kappa shape index (κ2) is 6.39. The van der Waals surface area contributed by atoms with Crippen LogP contribution >= 0.6 is 22.9 Å². The number of esters is 1. The van der Waals surface area contributed by atoms with Crippen molar-refractivity contribution in [2.45, 2.75) is 0 Å². The molecule has 0 saturated heterocycles. The van der Waals surface area contributed by atoms with Gasteiger partial charge in [-0.2, -0.15) is 0 Å². The Kier molecular flexibility index (Phi) is 4.71. The molecule has 0 aromatic carbocycles. The highest BCUT2D eigenvalue weighted by atomic mass is 35.5. The molecule has 8 nitrogen and oxygen atoms in total. The topological polar surface area (TPSA) is 113 Å². The summed E-state index contributed by atoms with van der Waals surface area (Å²) < 4.78 is 6.97. The quantitative estimate of drug-likeness (QED) is 0.626. The van der Waals surface area contributed by atoms with Crippen LogP contribution in [0.4, 0.5) is 5.82 Å². The molecule has 23 heavy (non-hydrogen) atoms. The minimum Gasteiger partial charge on any atom is -0.453 e. The molecule has 0 aliphatic rings. The first-order valence-corrected chi connectivity index (χ1v) is 7.44. The highest BCUT2D eigenvalue weighted by Gasteiger charge is 2.22. The number of ether oxygens (including phenoxy) is 1. The Bertz CT molecular complexity index is 911. The van der Waals surface area contributed by atoms with Gasteiger partial charge in [0.1, 0.15) is 16.3 Å². The van der Waals surface area contributed by atoms with E-state index in [0.29, 0.717) is 4.34 Å². The third-order valence-electron chi connectivity index (χ3n) is 3.10. The first-order valence-electron chi connectivity index (χ1n) is 6.25. The Morgan fingerprint density at radius 2 is 1.91 bits per heavy atom. The van der Waals surface area contributed by atoms with Crippen LogP contribution in [-0.2, 0) is 18.8 Å². The fourth-order valence-corrected chi connectivity index (χ4v) is 2.76. The van der Waals surface area contributed by atoms with Gasteiger partial charge in [-0.1, -0.05) is 11.6 Å². The summed E-state index contributed by atoms with van der Waals surface area (Å²) in [5.41, 5.74) is 3.75. The molecular weight excluding hydrogens is 346 g/mol. The van der Waals surface area contributed by atoms with Gasteiger partial charge in [-0.15, -0.1) is 11.3 Å². The van der Waals surface area contributed by atoms with Gasteiger partial charge in [-0.05, 0) is 12.1 Å². The molecule has 0 saturated carbocycles. The van der Waals surface area contributed by atoms with Crippen LogP contribution < -0.4 is 17.0 Å². The van der Waals surface area contributed by atoms with Crippen LogP contribution in [0.15, 0.2) is 21.7 Å². The van der Waals surface area contributed by atoms with Crippen molar-refractivity contribution in [3.8, 4) is 0 Å². The predicted molar refractivity (Wildman–Crippen MR) is 85.3 cm³/mol. The molecule has 0 radical (unpaired) electrons. The highest BCUT2D eigenvalue weighted by Crippen LogP contribution is 2.22. The molecule has 0 atom stereocenters. The lowest BCUT2D eigenvalue weighted by molar-refractivity contribution is 0.0479. The lowest BCUT2D eigenvalue weighted by Crippen LogP contribution is -2.42. The third kappa shape index (κ3) is 3.20. The molecule has 2 rings (SSSR count). The van der Waals surface area contributed by atoms with Crippen LogP contribution in [0, 0.1) is 0 Å². The molecule has 0 fully saturated rings. The summed E-state index contributed by atoms with van der Waals surface area (Å²) in [6.45, 7) is -0.675. The maximum atomic E-state index is 12.1. The Morgan fingerprint density at radius 1 is 1.26 bits per heavy atom. The predicted octanol–water partition coefficient (Wildman–Crippen LogP) is 0.421. The number of nitrogens with two attached hydrogens (primary N) is 1. The minimum atomic E-state index is -0.842. The number of ketones is 1. The van der Waals surface area contributed by atoms with Crippen LogP contribution in [0.3, 0.4) is 0 Å². The van der Waals surface area contributed by atoms with Crippen molar-refractivity contribution < 1.29 is 14.3 Å². The van der Waals surface area contributed by atoms with E-state index in [1.165, 1.54) is 26.2 Å². The van der Waals surface area contributed by atoms with Gasteiger partial charge in [0.2, 0.25) is 5.78 Å². The number of thiophene rings is 1. The second-order valence-corrected chi connectivity index (χ2v) is 6.28. The van der Waals surface area contributed by atoms with Crippen molar-refractivity contribution in [3.05, 3.63) is 47.7 Å². The summed E-state index contributed by atoms with van der Waals surface area (Å²) in [4.78, 5) is 47.8. The number of Topliss-reactive ketones (excluding diaryl/α,β-unsaturated/α-hetero) is 1. The minimum absolute atomic E-state index is 0.226. The zero-order chi connectivity index (χ0) is 17.3. The van der Waals surface area contributed by atoms with Gasteiger partial charge in [0.05, 0.1) is 4.34 Å². The molecule has 122 valence electrons. The Morgan fingerprint density at radius 3 is 2.48 bits per heavy atom. The monoisotopic (exact) mass is 357 g/mol. The number of rotatable bonds is 4. The maximum Gasteiger partial charge on any atom is 0.348 e. The van der Waals surface area contributed by atoms with E-state index in [1.54, 1.807) is 0 Å². The number of nitrogens with zero attached hydrogens (tertiary/aromatic N) is 2. The van der Waals surface area contributed by atoms with Crippen LogP contribution in [0.2, 0.25) is 4.34 Å². The van der Waals surface area contributed by atoms with Crippen molar-refractivity contribution in [1.82, 2.24) is 9.13 Å². The van der Waals surface area contributed by atoms with E-state index in [9.17, 15) is 19.2 Å². The molecule has 0 unspecified atom stereocenters. The maximum absolute atomic E-state index is 12.1. The summed E-state index contributed by atoms with van der Waals surface area (Å²) in [7, 11) is 2.55. The first kappa shape index (κ1) is 17.0. The molecule has 0 bridgehead atoms. The van der Waals surface area contributed by atoms with Gasteiger partial charge in [0, 0.05) is 14.1 Å². The molecule has 0 aliphatic carbocycles. The summed E-state index contributed by atoms with van der Waals surface area (Å²) in [6.07, 6.45) is 0.